The SMILES string of the molecule is CC(=O)c1c[nH]c(C(=O)OCC(=O)Nc2ccc(N3CCOCC3)cc2)c1. The molecular weight excluding hydrogens is 350 g/mol. The fraction of sp³-hybridized carbons (Fsp3) is 0.316. The Balaban J connectivity index is 1.48. The second-order valence-electron chi connectivity index (χ2n) is 6.13. The highest BCUT2D eigenvalue weighted by atomic mass is 16.5. The highest BCUT2D eigenvalue weighted by Crippen LogP contribution is 2.19. The molecule has 1 saturated heterocycles. The number of amides is 1. The minimum Gasteiger partial charge on any atom is -0.451 e. The lowest BCUT2D eigenvalue weighted by molar-refractivity contribution is -0.119. The van der Waals surface area contributed by atoms with Crippen molar-refractivity contribution < 1.29 is 23.9 Å². The van der Waals surface area contributed by atoms with E-state index < -0.39 is 18.5 Å². The zero-order chi connectivity index (χ0) is 19.2. The van der Waals surface area contributed by atoms with Crippen molar-refractivity contribution in [3.05, 3.63) is 47.8 Å². The normalized spacial score (nSPS) is 13.9. The van der Waals surface area contributed by atoms with Gasteiger partial charge in [0.15, 0.2) is 12.4 Å². The van der Waals surface area contributed by atoms with Crippen molar-refractivity contribution in [3.63, 3.8) is 0 Å². The van der Waals surface area contributed by atoms with E-state index in [4.69, 9.17) is 9.47 Å². The first kappa shape index (κ1) is 18.7. The average molecular weight is 371 g/mol. The van der Waals surface area contributed by atoms with Crippen LogP contribution >= 0.6 is 0 Å². The Bertz CT molecular complexity index is 822. The number of esters is 1. The molecule has 0 spiro atoms. The molecule has 2 N–H and O–H groups in total. The molecule has 1 amide bonds. The molecule has 0 unspecified atom stereocenters. The first-order valence-electron chi connectivity index (χ1n) is 8.62. The van der Waals surface area contributed by atoms with Crippen LogP contribution in [0.5, 0.6) is 0 Å². The minimum absolute atomic E-state index is 0.128. The standard InChI is InChI=1S/C19H21N3O5/c1-13(23)14-10-17(20-11-14)19(25)27-12-18(24)21-15-2-4-16(5-3-15)22-6-8-26-9-7-22/h2-5,10-11,20H,6-9,12H2,1H3,(H,21,24). The number of hydrogen-bond donors (Lipinski definition) is 2. The summed E-state index contributed by atoms with van der Waals surface area (Å²) in [5.74, 6) is -1.30. The highest BCUT2D eigenvalue weighted by molar-refractivity contribution is 5.98. The molecule has 3 rings (SSSR count). The molecule has 1 aromatic heterocycles. The van der Waals surface area contributed by atoms with E-state index in [1.807, 2.05) is 12.1 Å². The predicted octanol–water partition coefficient (Wildman–Crippen LogP) is 1.85. The van der Waals surface area contributed by atoms with Crippen LogP contribution in [0.25, 0.3) is 0 Å². The number of ether oxygens (including phenoxy) is 2. The lowest BCUT2D eigenvalue weighted by atomic mass is 10.2. The fourth-order valence-electron chi connectivity index (χ4n) is 2.70. The van der Waals surface area contributed by atoms with Gasteiger partial charge >= 0.3 is 5.97 Å². The second kappa shape index (κ2) is 8.50. The Kier molecular flexibility index (Phi) is 5.87. The van der Waals surface area contributed by atoms with Gasteiger partial charge in [-0.05, 0) is 37.3 Å². The molecule has 27 heavy (non-hydrogen) atoms. The maximum Gasteiger partial charge on any atom is 0.355 e. The number of benzene rings is 1. The van der Waals surface area contributed by atoms with Gasteiger partial charge in [0, 0.05) is 36.2 Å². The van der Waals surface area contributed by atoms with Crippen LogP contribution in [0.4, 0.5) is 11.4 Å². The Morgan fingerprint density at radius 1 is 1.19 bits per heavy atom. The number of nitrogens with zero attached hydrogens (tertiary/aromatic N) is 1. The van der Waals surface area contributed by atoms with E-state index in [1.54, 1.807) is 12.1 Å². The number of H-pyrrole nitrogens is 1. The molecule has 142 valence electrons. The molecule has 0 aliphatic carbocycles. The number of anilines is 2. The first-order chi connectivity index (χ1) is 13.0. The highest BCUT2D eigenvalue weighted by Gasteiger charge is 2.14. The van der Waals surface area contributed by atoms with Gasteiger partial charge in [-0.15, -0.1) is 0 Å². The molecule has 1 aliphatic rings. The summed E-state index contributed by atoms with van der Waals surface area (Å²) in [6.45, 7) is 4.07. The van der Waals surface area contributed by atoms with Gasteiger partial charge in [-0.25, -0.2) is 4.79 Å². The van der Waals surface area contributed by atoms with Crippen molar-refractivity contribution in [2.24, 2.45) is 0 Å². The Morgan fingerprint density at radius 2 is 1.89 bits per heavy atom. The summed E-state index contributed by atoms with van der Waals surface area (Å²) in [6.07, 6.45) is 1.43. The van der Waals surface area contributed by atoms with Crippen molar-refractivity contribution in [3.8, 4) is 0 Å². The van der Waals surface area contributed by atoms with Crippen LogP contribution in [0.3, 0.4) is 0 Å². The van der Waals surface area contributed by atoms with Crippen LogP contribution in [0.2, 0.25) is 0 Å². The van der Waals surface area contributed by atoms with E-state index in [0.29, 0.717) is 24.5 Å². The van der Waals surface area contributed by atoms with Crippen molar-refractivity contribution >= 4 is 29.0 Å². The van der Waals surface area contributed by atoms with Crippen LogP contribution in [-0.4, -0.2) is 55.6 Å². The fourth-order valence-corrected chi connectivity index (χ4v) is 2.70. The maximum atomic E-state index is 12.0. The second-order valence-corrected chi connectivity index (χ2v) is 6.13. The quantitative estimate of drug-likeness (QED) is 0.594. The lowest BCUT2D eigenvalue weighted by Crippen LogP contribution is -2.36. The van der Waals surface area contributed by atoms with Crippen LogP contribution < -0.4 is 10.2 Å². The summed E-state index contributed by atoms with van der Waals surface area (Å²) in [4.78, 5) is 40.0. The zero-order valence-corrected chi connectivity index (χ0v) is 15.0. The molecule has 8 heteroatoms. The van der Waals surface area contributed by atoms with E-state index in [2.05, 4.69) is 15.2 Å². The maximum absolute atomic E-state index is 12.0. The summed E-state index contributed by atoms with van der Waals surface area (Å²) in [6, 6.07) is 8.85. The molecule has 0 bridgehead atoms. The van der Waals surface area contributed by atoms with E-state index >= 15 is 0 Å². The molecule has 2 aromatic rings. The van der Waals surface area contributed by atoms with Crippen LogP contribution in [-0.2, 0) is 14.3 Å². The molecule has 0 saturated carbocycles. The third-order valence-corrected chi connectivity index (χ3v) is 4.17. The minimum atomic E-state index is -0.694. The summed E-state index contributed by atoms with van der Waals surface area (Å²) in [5, 5.41) is 2.68. The number of carbonyl (C=O) groups is 3. The molecule has 1 aromatic carbocycles. The number of ketones is 1. The number of aromatic amines is 1. The average Bonchev–Trinajstić information content (AvgIpc) is 3.18. The molecular formula is C19H21N3O5. The smallest absolute Gasteiger partial charge is 0.355 e. The van der Waals surface area contributed by atoms with Crippen molar-refractivity contribution in [2.45, 2.75) is 6.92 Å². The summed E-state index contributed by atoms with van der Waals surface area (Å²) in [7, 11) is 0. The molecule has 0 atom stereocenters. The number of carbonyl (C=O) groups excluding carboxylic acids is 3. The van der Waals surface area contributed by atoms with Gasteiger partial charge < -0.3 is 24.7 Å². The van der Waals surface area contributed by atoms with Crippen molar-refractivity contribution in [2.75, 3.05) is 43.1 Å². The number of rotatable bonds is 6. The Morgan fingerprint density at radius 3 is 2.52 bits per heavy atom. The molecule has 0 radical (unpaired) electrons. The topological polar surface area (TPSA) is 101 Å². The van der Waals surface area contributed by atoms with Gasteiger partial charge in [-0.2, -0.15) is 0 Å². The van der Waals surface area contributed by atoms with Crippen LogP contribution in [0, 0.1) is 0 Å². The first-order valence-corrected chi connectivity index (χ1v) is 8.62. The molecule has 8 nitrogen and oxygen atoms in total. The largest absolute Gasteiger partial charge is 0.451 e. The monoisotopic (exact) mass is 371 g/mol. The number of nitrogens with one attached hydrogen (secondary N) is 2. The number of Topliss-reactive ketones (excluding diaryl/α,β-unsaturated/α-hetero) is 1. The van der Waals surface area contributed by atoms with Gasteiger partial charge in [0.2, 0.25) is 0 Å². The van der Waals surface area contributed by atoms with Crippen LogP contribution in [0.1, 0.15) is 27.8 Å². The van der Waals surface area contributed by atoms with E-state index in [-0.39, 0.29) is 11.5 Å². The summed E-state index contributed by atoms with van der Waals surface area (Å²) >= 11 is 0. The third-order valence-electron chi connectivity index (χ3n) is 4.17. The van der Waals surface area contributed by atoms with Gasteiger partial charge in [0.1, 0.15) is 5.69 Å². The predicted molar refractivity (Wildman–Crippen MR) is 99.2 cm³/mol. The Hall–Kier alpha value is -3.13. The van der Waals surface area contributed by atoms with Crippen molar-refractivity contribution in [1.29, 1.82) is 0 Å². The number of aromatic nitrogens is 1. The van der Waals surface area contributed by atoms with Crippen molar-refractivity contribution in [1.82, 2.24) is 4.98 Å². The van der Waals surface area contributed by atoms with Gasteiger partial charge in [-0.3, -0.25) is 9.59 Å². The van der Waals surface area contributed by atoms with E-state index in [9.17, 15) is 14.4 Å². The summed E-state index contributed by atoms with van der Waals surface area (Å²) < 4.78 is 10.3. The van der Waals surface area contributed by atoms with E-state index in [0.717, 1.165) is 18.8 Å². The van der Waals surface area contributed by atoms with E-state index in [1.165, 1.54) is 19.2 Å². The van der Waals surface area contributed by atoms with Gasteiger partial charge in [0.25, 0.3) is 5.91 Å². The zero-order valence-electron chi connectivity index (χ0n) is 15.0. The lowest BCUT2D eigenvalue weighted by Gasteiger charge is -2.28. The molecule has 2 heterocycles. The van der Waals surface area contributed by atoms with Crippen LogP contribution in [0.15, 0.2) is 36.5 Å². The van der Waals surface area contributed by atoms with Gasteiger partial charge in [-0.1, -0.05) is 0 Å². The third kappa shape index (κ3) is 4.95. The number of morpholine rings is 1. The number of hydrogen-bond acceptors (Lipinski definition) is 6. The summed E-state index contributed by atoms with van der Waals surface area (Å²) in [5.41, 5.74) is 2.19. The molecule has 1 fully saturated rings. The van der Waals surface area contributed by atoms with Gasteiger partial charge in [0.05, 0.1) is 13.2 Å². The molecule has 1 aliphatic heterocycles. The Labute approximate surface area is 156 Å².